The topological polar surface area (TPSA) is 9.23 Å². The van der Waals surface area contributed by atoms with E-state index in [1.807, 2.05) is 18.2 Å². The molecule has 0 N–H and O–H groups in total. The molecule has 1 aliphatic rings. The van der Waals surface area contributed by atoms with Crippen molar-refractivity contribution in [3.8, 4) is 0 Å². The van der Waals surface area contributed by atoms with Crippen LogP contribution in [0, 0.1) is 6.92 Å². The zero-order valence-corrected chi connectivity index (χ0v) is 8.49. The summed E-state index contributed by atoms with van der Waals surface area (Å²) in [5.74, 6) is 0. The first-order valence-corrected chi connectivity index (χ1v) is 4.92. The van der Waals surface area contributed by atoms with E-state index in [0.29, 0.717) is 6.10 Å². The van der Waals surface area contributed by atoms with Gasteiger partial charge < -0.3 is 4.74 Å². The van der Waals surface area contributed by atoms with Gasteiger partial charge in [-0.05, 0) is 26.7 Å². The van der Waals surface area contributed by atoms with Gasteiger partial charge in [-0.25, -0.2) is 0 Å². The van der Waals surface area contributed by atoms with Crippen LogP contribution in [0.4, 0.5) is 0 Å². The van der Waals surface area contributed by atoms with Crippen LogP contribution >= 0.6 is 0 Å². The predicted octanol–water partition coefficient (Wildman–Crippen LogP) is 3.18. The molecule has 1 fully saturated rings. The summed E-state index contributed by atoms with van der Waals surface area (Å²) >= 11 is 0. The highest BCUT2D eigenvalue weighted by Crippen LogP contribution is 2.09. The quantitative estimate of drug-likeness (QED) is 0.593. The highest BCUT2D eigenvalue weighted by Gasteiger charge is 2.07. The van der Waals surface area contributed by atoms with Crippen LogP contribution < -0.4 is 0 Å². The van der Waals surface area contributed by atoms with Crippen LogP contribution in [0.3, 0.4) is 0 Å². The molecule has 13 heavy (non-hydrogen) atoms. The maximum absolute atomic E-state index is 5.15. The number of hydrogen-bond donors (Lipinski definition) is 0. The Hall–Kier alpha value is -0.820. The van der Waals surface area contributed by atoms with E-state index in [1.54, 1.807) is 0 Å². The fourth-order valence-corrected chi connectivity index (χ4v) is 1.27. The lowest BCUT2D eigenvalue weighted by molar-refractivity contribution is 0.125. The molecule has 1 nitrogen and oxygen atoms in total. The molecule has 0 spiro atoms. The van der Waals surface area contributed by atoms with E-state index >= 15 is 0 Å². The summed E-state index contributed by atoms with van der Waals surface area (Å²) in [6.07, 6.45) is 3.08. The Labute approximate surface area is 80.7 Å². The van der Waals surface area contributed by atoms with E-state index in [9.17, 15) is 0 Å². The molecule has 0 bridgehead atoms. The van der Waals surface area contributed by atoms with E-state index < -0.39 is 0 Å². The van der Waals surface area contributed by atoms with Crippen LogP contribution in [0.2, 0.25) is 0 Å². The maximum Gasteiger partial charge on any atom is 0.0547 e. The van der Waals surface area contributed by atoms with Gasteiger partial charge in [0.05, 0.1) is 6.10 Å². The third-order valence-corrected chi connectivity index (χ3v) is 2.10. The molecule has 0 radical (unpaired) electrons. The van der Waals surface area contributed by atoms with Crippen molar-refractivity contribution in [1.29, 1.82) is 0 Å². The Morgan fingerprint density at radius 3 is 2.15 bits per heavy atom. The lowest BCUT2D eigenvalue weighted by atomic mass is 10.2. The molecular formula is C12H18O. The van der Waals surface area contributed by atoms with Crippen LogP contribution in [-0.2, 0) is 4.74 Å². The van der Waals surface area contributed by atoms with Gasteiger partial charge in [-0.15, -0.1) is 0 Å². The minimum Gasteiger partial charge on any atom is -0.379 e. The lowest BCUT2D eigenvalue weighted by Gasteiger charge is -1.94. The van der Waals surface area contributed by atoms with Crippen LogP contribution in [0.15, 0.2) is 30.3 Å². The predicted molar refractivity (Wildman–Crippen MR) is 55.8 cm³/mol. The Bertz CT molecular complexity index is 212. The highest BCUT2D eigenvalue weighted by molar-refractivity contribution is 5.11. The van der Waals surface area contributed by atoms with Crippen molar-refractivity contribution in [2.75, 3.05) is 6.61 Å². The van der Waals surface area contributed by atoms with Gasteiger partial charge in [0.25, 0.3) is 0 Å². The van der Waals surface area contributed by atoms with E-state index in [4.69, 9.17) is 4.74 Å². The maximum atomic E-state index is 5.15. The minimum absolute atomic E-state index is 0.546. The first-order chi connectivity index (χ1) is 6.29. The molecule has 0 aromatic heterocycles. The number of aryl methyl sites for hydroxylation is 1. The number of rotatable bonds is 0. The van der Waals surface area contributed by atoms with Gasteiger partial charge in [0.15, 0.2) is 0 Å². The van der Waals surface area contributed by atoms with Crippen molar-refractivity contribution in [3.63, 3.8) is 0 Å². The number of ether oxygens (including phenoxy) is 1. The normalized spacial score (nSPS) is 20.6. The second-order valence-electron chi connectivity index (χ2n) is 3.48. The zero-order valence-electron chi connectivity index (χ0n) is 8.49. The molecule has 1 heteroatoms. The highest BCUT2D eigenvalue weighted by atomic mass is 16.5. The van der Waals surface area contributed by atoms with Crippen LogP contribution in [0.5, 0.6) is 0 Å². The first kappa shape index (κ1) is 10.3. The summed E-state index contributed by atoms with van der Waals surface area (Å²) in [6, 6.07) is 10.3. The van der Waals surface area contributed by atoms with E-state index in [0.717, 1.165) is 6.61 Å². The second-order valence-corrected chi connectivity index (χ2v) is 3.48. The largest absolute Gasteiger partial charge is 0.379 e. The summed E-state index contributed by atoms with van der Waals surface area (Å²) in [4.78, 5) is 0. The van der Waals surface area contributed by atoms with Gasteiger partial charge in [-0.3, -0.25) is 0 Å². The summed E-state index contributed by atoms with van der Waals surface area (Å²) in [5.41, 5.74) is 1.32. The summed E-state index contributed by atoms with van der Waals surface area (Å²) in [6.45, 7) is 5.19. The fourth-order valence-electron chi connectivity index (χ4n) is 1.27. The molecule has 1 heterocycles. The first-order valence-electron chi connectivity index (χ1n) is 4.92. The standard InChI is InChI=1S/C7H8.C5H10O/c1-7-5-3-2-4-6-7;1-5-3-2-4-6-5/h2-6H,1H3;5H,2-4H2,1H3. The molecule has 1 aliphatic heterocycles. The second kappa shape index (κ2) is 5.76. The molecule has 1 aromatic carbocycles. The monoisotopic (exact) mass is 178 g/mol. The third kappa shape index (κ3) is 4.69. The smallest absolute Gasteiger partial charge is 0.0547 e. The van der Waals surface area contributed by atoms with Gasteiger partial charge in [0, 0.05) is 6.61 Å². The van der Waals surface area contributed by atoms with Crippen molar-refractivity contribution in [2.45, 2.75) is 32.8 Å². The average Bonchev–Trinajstić information content (AvgIpc) is 2.58. The summed E-state index contributed by atoms with van der Waals surface area (Å²) in [7, 11) is 0. The summed E-state index contributed by atoms with van der Waals surface area (Å²) < 4.78 is 5.15. The Kier molecular flexibility index (Phi) is 4.55. The average molecular weight is 178 g/mol. The molecule has 1 aromatic rings. The molecule has 1 atom stereocenters. The van der Waals surface area contributed by atoms with Gasteiger partial charge in [-0.1, -0.05) is 35.9 Å². The van der Waals surface area contributed by atoms with Crippen molar-refractivity contribution < 1.29 is 4.74 Å². The zero-order chi connectivity index (χ0) is 9.52. The van der Waals surface area contributed by atoms with Crippen molar-refractivity contribution in [2.24, 2.45) is 0 Å². The van der Waals surface area contributed by atoms with Gasteiger partial charge >= 0.3 is 0 Å². The van der Waals surface area contributed by atoms with Crippen molar-refractivity contribution in [1.82, 2.24) is 0 Å². The third-order valence-electron chi connectivity index (χ3n) is 2.10. The lowest BCUT2D eigenvalue weighted by Crippen LogP contribution is -1.94. The van der Waals surface area contributed by atoms with Crippen molar-refractivity contribution in [3.05, 3.63) is 35.9 Å². The van der Waals surface area contributed by atoms with Gasteiger partial charge in [-0.2, -0.15) is 0 Å². The molecule has 2 rings (SSSR count). The Morgan fingerprint density at radius 1 is 1.23 bits per heavy atom. The fraction of sp³-hybridized carbons (Fsp3) is 0.500. The van der Waals surface area contributed by atoms with E-state index in [-0.39, 0.29) is 0 Å². The molecule has 0 saturated carbocycles. The molecule has 0 amide bonds. The van der Waals surface area contributed by atoms with Crippen LogP contribution in [-0.4, -0.2) is 12.7 Å². The molecule has 0 aliphatic carbocycles. The van der Waals surface area contributed by atoms with E-state index in [1.165, 1.54) is 18.4 Å². The molecule has 1 unspecified atom stereocenters. The van der Waals surface area contributed by atoms with Gasteiger partial charge in [0.2, 0.25) is 0 Å². The van der Waals surface area contributed by atoms with Crippen LogP contribution in [0.25, 0.3) is 0 Å². The van der Waals surface area contributed by atoms with Crippen molar-refractivity contribution >= 4 is 0 Å². The summed E-state index contributed by atoms with van der Waals surface area (Å²) in [5, 5.41) is 0. The van der Waals surface area contributed by atoms with E-state index in [2.05, 4.69) is 26.0 Å². The molecular weight excluding hydrogens is 160 g/mol. The molecule has 1 saturated heterocycles. The SMILES string of the molecule is CC1CCCO1.Cc1ccccc1. The van der Waals surface area contributed by atoms with Crippen LogP contribution in [0.1, 0.15) is 25.3 Å². The molecule has 72 valence electrons. The Balaban J connectivity index is 0.000000132. The Morgan fingerprint density at radius 2 is 1.92 bits per heavy atom. The number of hydrogen-bond acceptors (Lipinski definition) is 1. The van der Waals surface area contributed by atoms with Gasteiger partial charge in [0.1, 0.15) is 0 Å². The number of benzene rings is 1. The minimum atomic E-state index is 0.546.